The molecule has 0 aliphatic heterocycles. The van der Waals surface area contributed by atoms with Gasteiger partial charge in [0.15, 0.2) is 0 Å². The Morgan fingerprint density at radius 3 is 2.40 bits per heavy atom. The molecular weight excluding hydrogens is 268 g/mol. The maximum atomic E-state index is 10.3. The molecule has 0 bridgehead atoms. The van der Waals surface area contributed by atoms with Crippen LogP contribution in [0, 0.1) is 6.92 Å². The molecule has 3 heteroatoms. The van der Waals surface area contributed by atoms with Crippen LogP contribution in [0.3, 0.4) is 0 Å². The molecule has 20 heavy (non-hydrogen) atoms. The van der Waals surface area contributed by atoms with E-state index >= 15 is 0 Å². The zero-order valence-electron chi connectivity index (χ0n) is 11.5. The van der Waals surface area contributed by atoms with Crippen molar-refractivity contribution in [2.75, 3.05) is 0 Å². The molecule has 0 heterocycles. The lowest BCUT2D eigenvalue weighted by Crippen LogP contribution is -1.87. The van der Waals surface area contributed by atoms with E-state index in [-0.39, 0.29) is 0 Å². The average molecular weight is 286 g/mol. The lowest BCUT2D eigenvalue weighted by molar-refractivity contribution is -0.107. The largest absolute Gasteiger partial charge is 0.421 e. The molecule has 0 fully saturated rings. The minimum atomic E-state index is 0.627. The first-order valence-corrected chi connectivity index (χ1v) is 7.46. The molecule has 2 aromatic rings. The normalized spacial score (nSPS) is 10.2. The van der Waals surface area contributed by atoms with Gasteiger partial charge in [-0.05, 0) is 49.6 Å². The molecule has 0 aliphatic rings. The van der Waals surface area contributed by atoms with Gasteiger partial charge in [-0.1, -0.05) is 29.8 Å². The number of rotatable bonds is 7. The van der Waals surface area contributed by atoms with Crippen LogP contribution < -0.4 is 4.18 Å². The lowest BCUT2D eigenvalue weighted by atomic mass is 10.1. The third-order valence-electron chi connectivity index (χ3n) is 2.97. The van der Waals surface area contributed by atoms with E-state index in [9.17, 15) is 4.79 Å². The molecule has 2 rings (SSSR count). The Labute approximate surface area is 124 Å². The molecule has 0 N–H and O–H groups in total. The lowest BCUT2D eigenvalue weighted by Gasteiger charge is -2.05. The first-order chi connectivity index (χ1) is 9.78. The Morgan fingerprint density at radius 1 is 1.05 bits per heavy atom. The van der Waals surface area contributed by atoms with Gasteiger partial charge in [0.1, 0.15) is 12.0 Å². The highest BCUT2D eigenvalue weighted by Crippen LogP contribution is 2.24. The molecule has 2 nitrogen and oxygen atoms in total. The van der Waals surface area contributed by atoms with Crippen LogP contribution >= 0.6 is 12.0 Å². The Morgan fingerprint density at radius 2 is 1.75 bits per heavy atom. The van der Waals surface area contributed by atoms with Crippen LogP contribution in [0.25, 0.3) is 0 Å². The number of carbonyl (C=O) groups is 1. The van der Waals surface area contributed by atoms with E-state index in [1.54, 1.807) is 0 Å². The first-order valence-electron chi connectivity index (χ1n) is 6.72. The fraction of sp³-hybridized carbons (Fsp3) is 0.235. The third kappa shape index (κ3) is 4.74. The zero-order chi connectivity index (χ0) is 14.2. The summed E-state index contributed by atoms with van der Waals surface area (Å²) < 4.78 is 5.67. The SMILES string of the molecule is Cc1ccc(SOc2ccc(CCCC=O)cc2)cc1. The summed E-state index contributed by atoms with van der Waals surface area (Å²) in [6.07, 6.45) is 3.43. The quantitative estimate of drug-likeness (QED) is 0.422. The van der Waals surface area contributed by atoms with E-state index in [1.807, 2.05) is 24.3 Å². The Hall–Kier alpha value is -1.74. The smallest absolute Gasteiger partial charge is 0.137 e. The van der Waals surface area contributed by atoms with Gasteiger partial charge in [0, 0.05) is 11.3 Å². The number of unbranched alkanes of at least 4 members (excludes halogenated alkanes) is 1. The molecule has 104 valence electrons. The summed E-state index contributed by atoms with van der Waals surface area (Å²) >= 11 is 1.36. The van der Waals surface area contributed by atoms with Gasteiger partial charge in [0.05, 0.1) is 12.0 Å². The second-order valence-corrected chi connectivity index (χ2v) is 5.49. The fourth-order valence-corrected chi connectivity index (χ4v) is 2.34. The summed E-state index contributed by atoms with van der Waals surface area (Å²) in [6, 6.07) is 16.3. The highest BCUT2D eigenvalue weighted by atomic mass is 32.2. The molecule has 2 aromatic carbocycles. The van der Waals surface area contributed by atoms with E-state index in [0.29, 0.717) is 6.42 Å². The standard InChI is InChI=1S/C17H18O2S/c1-14-5-11-17(12-6-14)20-19-16-9-7-15(8-10-16)4-2-3-13-18/h5-13H,2-4H2,1H3. The van der Waals surface area contributed by atoms with Crippen LogP contribution in [0.15, 0.2) is 53.4 Å². The first kappa shape index (κ1) is 14.7. The summed E-state index contributed by atoms with van der Waals surface area (Å²) in [4.78, 5) is 11.4. The van der Waals surface area contributed by atoms with Gasteiger partial charge in [0.25, 0.3) is 0 Å². The average Bonchev–Trinajstić information content (AvgIpc) is 2.48. The number of hydrogen-bond donors (Lipinski definition) is 0. The summed E-state index contributed by atoms with van der Waals surface area (Å²) in [5.74, 6) is 0.842. The predicted octanol–water partition coefficient (Wildman–Crippen LogP) is 4.60. The van der Waals surface area contributed by atoms with Gasteiger partial charge >= 0.3 is 0 Å². The summed E-state index contributed by atoms with van der Waals surface area (Å²) in [6.45, 7) is 2.07. The molecule has 0 radical (unpaired) electrons. The van der Waals surface area contributed by atoms with Crippen LogP contribution in [0.4, 0.5) is 0 Å². The van der Waals surface area contributed by atoms with Crippen molar-refractivity contribution < 1.29 is 8.98 Å². The minimum absolute atomic E-state index is 0.627. The van der Waals surface area contributed by atoms with Crippen molar-refractivity contribution in [1.82, 2.24) is 0 Å². The van der Waals surface area contributed by atoms with Crippen molar-refractivity contribution in [3.8, 4) is 5.75 Å². The maximum absolute atomic E-state index is 10.3. The van der Waals surface area contributed by atoms with Gasteiger partial charge < -0.3 is 8.98 Å². The monoisotopic (exact) mass is 286 g/mol. The van der Waals surface area contributed by atoms with Crippen LogP contribution in [0.5, 0.6) is 5.75 Å². The zero-order valence-corrected chi connectivity index (χ0v) is 12.4. The summed E-state index contributed by atoms with van der Waals surface area (Å²) in [5, 5.41) is 0. The minimum Gasteiger partial charge on any atom is -0.421 e. The van der Waals surface area contributed by atoms with Crippen LogP contribution in [-0.4, -0.2) is 6.29 Å². The van der Waals surface area contributed by atoms with Gasteiger partial charge in [-0.2, -0.15) is 0 Å². The van der Waals surface area contributed by atoms with E-state index in [4.69, 9.17) is 4.18 Å². The molecule has 0 aliphatic carbocycles. The predicted molar refractivity (Wildman–Crippen MR) is 83.1 cm³/mol. The molecule has 0 aromatic heterocycles. The van der Waals surface area contributed by atoms with Crippen LogP contribution in [0.2, 0.25) is 0 Å². The van der Waals surface area contributed by atoms with E-state index in [2.05, 4.69) is 31.2 Å². The van der Waals surface area contributed by atoms with Crippen molar-refractivity contribution >= 4 is 18.3 Å². The number of hydrogen-bond acceptors (Lipinski definition) is 3. The fourth-order valence-electron chi connectivity index (χ4n) is 1.79. The van der Waals surface area contributed by atoms with E-state index < -0.39 is 0 Å². The number of aryl methyl sites for hydroxylation is 2. The van der Waals surface area contributed by atoms with Gasteiger partial charge in [0.2, 0.25) is 0 Å². The molecular formula is C17H18O2S. The van der Waals surface area contributed by atoms with E-state index in [0.717, 1.165) is 29.8 Å². The summed E-state index contributed by atoms with van der Waals surface area (Å²) in [7, 11) is 0. The topological polar surface area (TPSA) is 26.3 Å². The number of aldehydes is 1. The molecule has 0 saturated carbocycles. The van der Waals surface area contributed by atoms with Crippen molar-refractivity contribution in [3.05, 3.63) is 59.7 Å². The highest BCUT2D eigenvalue weighted by molar-refractivity contribution is 7.95. The highest BCUT2D eigenvalue weighted by Gasteiger charge is 1.99. The second-order valence-electron chi connectivity index (χ2n) is 4.68. The molecule has 0 unspecified atom stereocenters. The second kappa shape index (κ2) is 7.75. The Kier molecular flexibility index (Phi) is 5.69. The molecule has 0 atom stereocenters. The van der Waals surface area contributed by atoms with Gasteiger partial charge in [-0.15, -0.1) is 0 Å². The van der Waals surface area contributed by atoms with Crippen LogP contribution in [-0.2, 0) is 11.2 Å². The Bertz CT molecular complexity index is 532. The van der Waals surface area contributed by atoms with Crippen LogP contribution in [0.1, 0.15) is 24.0 Å². The van der Waals surface area contributed by atoms with Gasteiger partial charge in [-0.25, -0.2) is 0 Å². The number of carbonyl (C=O) groups excluding carboxylic acids is 1. The Balaban J connectivity index is 1.84. The van der Waals surface area contributed by atoms with Crippen molar-refractivity contribution in [2.24, 2.45) is 0 Å². The van der Waals surface area contributed by atoms with Crippen molar-refractivity contribution in [1.29, 1.82) is 0 Å². The van der Waals surface area contributed by atoms with E-state index in [1.165, 1.54) is 23.2 Å². The summed E-state index contributed by atoms with van der Waals surface area (Å²) in [5.41, 5.74) is 2.48. The van der Waals surface area contributed by atoms with Gasteiger partial charge in [-0.3, -0.25) is 0 Å². The van der Waals surface area contributed by atoms with Crippen molar-refractivity contribution in [2.45, 2.75) is 31.1 Å². The molecule has 0 spiro atoms. The number of benzene rings is 2. The van der Waals surface area contributed by atoms with Crippen molar-refractivity contribution in [3.63, 3.8) is 0 Å². The molecule has 0 amide bonds. The third-order valence-corrected chi connectivity index (χ3v) is 3.71. The molecule has 0 saturated heterocycles. The maximum Gasteiger partial charge on any atom is 0.137 e.